The van der Waals surface area contributed by atoms with Gasteiger partial charge in [0.05, 0.1) is 0 Å². The largest absolute Gasteiger partial charge is 0.486 e. The normalized spacial score (nSPS) is 21.3. The fourth-order valence-electron chi connectivity index (χ4n) is 5.03. The molecule has 3 unspecified atom stereocenters. The number of para-hydroxylation sites is 1. The number of ketones is 1. The summed E-state index contributed by atoms with van der Waals surface area (Å²) in [5.41, 5.74) is 4.30. The van der Waals surface area contributed by atoms with Gasteiger partial charge >= 0.3 is 0 Å². The molecule has 0 amide bonds. The second kappa shape index (κ2) is 14.1. The number of carbonyl (C=O) groups excluding carboxylic acids is 1. The number of Topliss-reactive ketones (excluding diaryl/α,β-unsaturated/α-hetero) is 1. The zero-order chi connectivity index (χ0) is 25.9. The summed E-state index contributed by atoms with van der Waals surface area (Å²) in [6.07, 6.45) is 17.4. The van der Waals surface area contributed by atoms with E-state index in [4.69, 9.17) is 4.74 Å². The number of dihydropyridines is 1. The number of carbonyl (C=O) groups is 1. The fourth-order valence-corrected chi connectivity index (χ4v) is 5.03. The molecule has 1 aliphatic heterocycles. The Hall–Kier alpha value is -4.73. The van der Waals surface area contributed by atoms with Crippen LogP contribution in [0, 0.1) is 23.8 Å². The second-order valence-electron chi connectivity index (χ2n) is 9.71. The Balaban J connectivity index is 0.00000400. The number of rotatable bonds is 11. The van der Waals surface area contributed by atoms with E-state index in [1.807, 2.05) is 48.7 Å². The van der Waals surface area contributed by atoms with Gasteiger partial charge in [-0.05, 0) is 61.4 Å². The van der Waals surface area contributed by atoms with Crippen LogP contribution in [0.4, 0.5) is 0 Å². The van der Waals surface area contributed by atoms with E-state index in [0.29, 0.717) is 19.0 Å². The molecule has 1 radical (unpaired) electrons. The maximum absolute atomic E-state index is 12.9. The summed E-state index contributed by atoms with van der Waals surface area (Å²) >= 11 is 0. The minimum Gasteiger partial charge on any atom is -0.486 e. The molecule has 1 fully saturated rings. The first kappa shape index (κ1) is 27.9. The van der Waals surface area contributed by atoms with E-state index in [1.54, 1.807) is 12.4 Å². The SMILES string of the molecule is C=CC1=[C-]C=NCC1/C(=C\C(=C)C1CCCC(C(=O)COc2ccccc2)CC1)NCc1cccnc1.[Md]. The van der Waals surface area contributed by atoms with Gasteiger partial charge in [0, 0.05) is 43.0 Å². The Morgan fingerprint density at radius 3 is 2.66 bits per heavy atom. The molecule has 0 bridgehead atoms. The zero-order valence-corrected chi connectivity index (χ0v) is 24.0. The smallest absolute Gasteiger partial charge is 0.173 e. The molecule has 2 aromatic rings. The Morgan fingerprint density at radius 1 is 1.11 bits per heavy atom. The third-order valence-corrected chi connectivity index (χ3v) is 7.21. The van der Waals surface area contributed by atoms with E-state index in [-0.39, 0.29) is 24.2 Å². The van der Waals surface area contributed by atoms with Crippen molar-refractivity contribution in [3.63, 3.8) is 0 Å². The van der Waals surface area contributed by atoms with Crippen LogP contribution in [0.25, 0.3) is 0 Å². The van der Waals surface area contributed by atoms with Crippen LogP contribution >= 0.6 is 0 Å². The van der Waals surface area contributed by atoms with Crippen molar-refractivity contribution in [2.45, 2.75) is 38.6 Å². The third-order valence-electron chi connectivity index (χ3n) is 7.21. The number of pyridine rings is 1. The summed E-state index contributed by atoms with van der Waals surface area (Å²) in [4.78, 5) is 21.6. The average molecular weight is 753 g/mol. The van der Waals surface area contributed by atoms with E-state index in [0.717, 1.165) is 60.3 Å². The van der Waals surface area contributed by atoms with Crippen LogP contribution < -0.4 is 10.1 Å². The molecule has 1 N–H and O–H groups in total. The summed E-state index contributed by atoms with van der Waals surface area (Å²) in [5, 5.41) is 3.62. The molecule has 6 heteroatoms. The molecule has 0 saturated heterocycles. The molecule has 3 atom stereocenters. The van der Waals surface area contributed by atoms with Crippen molar-refractivity contribution in [2.75, 3.05) is 13.2 Å². The monoisotopic (exact) mass is 752 g/mol. The summed E-state index contributed by atoms with van der Waals surface area (Å²) in [7, 11) is 0. The fraction of sp³-hybridized carbons (Fsp3) is 0.344. The minimum atomic E-state index is 0. The van der Waals surface area contributed by atoms with Crippen LogP contribution in [-0.4, -0.2) is 30.1 Å². The van der Waals surface area contributed by atoms with Gasteiger partial charge in [0.2, 0.25) is 0 Å². The van der Waals surface area contributed by atoms with E-state index in [2.05, 4.69) is 46.7 Å². The Bertz CT molecular complexity index is 1160. The quantitative estimate of drug-likeness (QED) is 0.172. The maximum atomic E-state index is 12.9. The molecule has 1 aromatic carbocycles. The van der Waals surface area contributed by atoms with Gasteiger partial charge in [-0.2, -0.15) is 6.58 Å². The van der Waals surface area contributed by atoms with Crippen molar-refractivity contribution in [3.8, 4) is 5.75 Å². The molecule has 205 valence electrons. The predicted octanol–water partition coefficient (Wildman–Crippen LogP) is 6.07. The van der Waals surface area contributed by atoms with Gasteiger partial charge in [0.25, 0.3) is 0 Å². The molecule has 1 aromatic heterocycles. The minimum absolute atomic E-state index is 0. The van der Waals surface area contributed by atoms with Crippen LogP contribution in [0.5, 0.6) is 5.75 Å². The molecular weight excluding hydrogens is 716 g/mol. The molecule has 4 rings (SSSR count). The number of hydrogen-bond acceptors (Lipinski definition) is 5. The van der Waals surface area contributed by atoms with Crippen LogP contribution in [0.3, 0.4) is 0 Å². The van der Waals surface area contributed by atoms with Gasteiger partial charge in [0.15, 0.2) is 5.78 Å². The van der Waals surface area contributed by atoms with Gasteiger partial charge in [-0.15, -0.1) is 0 Å². The molecule has 2 aliphatic rings. The standard InChI is InChI=1S/C32H36N3O2.Md/c1-3-26-16-18-34-22-30(26)31(35-21-25-9-8-17-33-20-25)19-24(2)27-10-7-11-28(15-14-27)32(36)23-37-29-12-5-4-6-13-29;/h3-6,8-9,12-13,17-20,27-28,30,35H,1-2,7,10-11,14-15,21-23H2;/q-1;/b31-19+;. The van der Waals surface area contributed by atoms with Gasteiger partial charge in [0.1, 0.15) is 12.4 Å². The van der Waals surface area contributed by atoms with E-state index in [9.17, 15) is 4.79 Å². The van der Waals surface area contributed by atoms with Gasteiger partial charge < -0.3 is 15.0 Å². The molecular formula is C32H36MdN3O2-. The molecule has 2 heterocycles. The topological polar surface area (TPSA) is 63.6 Å². The van der Waals surface area contributed by atoms with Crippen LogP contribution in [0.2, 0.25) is 0 Å². The van der Waals surface area contributed by atoms with Crippen LogP contribution in [0.1, 0.15) is 37.7 Å². The van der Waals surface area contributed by atoms with Crippen molar-refractivity contribution in [1.29, 1.82) is 0 Å². The predicted molar refractivity (Wildman–Crippen MR) is 149 cm³/mol. The number of benzene rings is 1. The van der Waals surface area contributed by atoms with E-state index >= 15 is 0 Å². The number of ether oxygens (including phenoxy) is 1. The second-order valence-corrected chi connectivity index (χ2v) is 9.71. The van der Waals surface area contributed by atoms with Crippen molar-refractivity contribution >= 4 is 12.0 Å². The molecule has 0 spiro atoms. The van der Waals surface area contributed by atoms with Crippen molar-refractivity contribution in [3.05, 3.63) is 109 Å². The number of nitrogens with zero attached hydrogens (tertiary/aromatic N) is 2. The van der Waals surface area contributed by atoms with Gasteiger partial charge in [-0.3, -0.25) is 9.78 Å². The molecule has 5 nitrogen and oxygen atoms in total. The summed E-state index contributed by atoms with van der Waals surface area (Å²) in [6.45, 7) is 9.91. The molecule has 38 heavy (non-hydrogen) atoms. The first-order valence-electron chi connectivity index (χ1n) is 13.1. The Kier molecular flexibility index (Phi) is 10.3. The first-order chi connectivity index (χ1) is 18.1. The average Bonchev–Trinajstić information content (AvgIpc) is 3.22. The number of nitrogens with one attached hydrogen (secondary N) is 1. The van der Waals surface area contributed by atoms with Gasteiger partial charge in [-0.25, -0.2) is 17.7 Å². The number of aliphatic imine (C=N–C) groups is 1. The summed E-state index contributed by atoms with van der Waals surface area (Å²) in [5.74, 6) is 1.39. The maximum Gasteiger partial charge on any atom is 0.173 e. The van der Waals surface area contributed by atoms with Crippen molar-refractivity contribution in [1.82, 2.24) is 10.3 Å². The van der Waals surface area contributed by atoms with Gasteiger partial charge in [-0.1, -0.05) is 49.1 Å². The zero-order valence-electron chi connectivity index (χ0n) is 21.7. The van der Waals surface area contributed by atoms with E-state index in [1.165, 1.54) is 0 Å². The molecule has 1 saturated carbocycles. The number of allylic oxidation sites excluding steroid dienone is 4. The van der Waals surface area contributed by atoms with Crippen LogP contribution in [-0.2, 0) is 11.3 Å². The van der Waals surface area contributed by atoms with E-state index < -0.39 is 0 Å². The van der Waals surface area contributed by atoms with Crippen LogP contribution in [0.15, 0.2) is 102 Å². The van der Waals surface area contributed by atoms with Crippen molar-refractivity contribution < 1.29 is 9.53 Å². The molecule has 1 aliphatic carbocycles. The third kappa shape index (κ3) is 7.63. The number of aromatic nitrogens is 1. The summed E-state index contributed by atoms with van der Waals surface area (Å²) in [6, 6.07) is 13.5. The Morgan fingerprint density at radius 2 is 1.89 bits per heavy atom. The Labute approximate surface area is 220 Å². The first-order valence-corrected chi connectivity index (χ1v) is 13.1. The number of hydrogen-bond donors (Lipinski definition) is 1. The summed E-state index contributed by atoms with van der Waals surface area (Å²) < 4.78 is 5.72. The van der Waals surface area contributed by atoms with Crippen molar-refractivity contribution in [2.24, 2.45) is 22.7 Å².